The van der Waals surface area contributed by atoms with Crippen LogP contribution in [-0.4, -0.2) is 36.1 Å². The lowest BCUT2D eigenvalue weighted by Crippen LogP contribution is -2.27. The van der Waals surface area contributed by atoms with Crippen molar-refractivity contribution in [2.75, 3.05) is 25.1 Å². The minimum absolute atomic E-state index is 0.226. The Hall–Kier alpha value is -1.17. The smallest absolute Gasteiger partial charge is 0.307 e. The Morgan fingerprint density at radius 3 is 2.62 bits per heavy atom. The highest BCUT2D eigenvalue weighted by molar-refractivity contribution is 9.10. The molecule has 0 atom stereocenters. The summed E-state index contributed by atoms with van der Waals surface area (Å²) in [5.41, 5.74) is 0. The van der Waals surface area contributed by atoms with E-state index in [0.29, 0.717) is 18.9 Å². The van der Waals surface area contributed by atoms with Gasteiger partial charge in [-0.3, -0.25) is 4.79 Å². The monoisotopic (exact) mass is 287 g/mol. The van der Waals surface area contributed by atoms with Crippen molar-refractivity contribution in [3.8, 4) is 0 Å². The highest BCUT2D eigenvalue weighted by atomic mass is 79.9. The summed E-state index contributed by atoms with van der Waals surface area (Å²) in [4.78, 5) is 21.3. The second-order valence-electron chi connectivity index (χ2n) is 3.11. The summed E-state index contributed by atoms with van der Waals surface area (Å²) in [6, 6.07) is 0. The van der Waals surface area contributed by atoms with E-state index in [2.05, 4.69) is 30.6 Å². The summed E-state index contributed by atoms with van der Waals surface area (Å²) in [6.07, 6.45) is 3.70. The number of hydrogen-bond donors (Lipinski definition) is 0. The van der Waals surface area contributed by atoms with Gasteiger partial charge in [-0.05, 0) is 22.9 Å². The summed E-state index contributed by atoms with van der Waals surface area (Å²) in [5.74, 6) is 0.394. The molecule has 0 amide bonds. The molecular formula is C10H14BrN3O2. The zero-order chi connectivity index (χ0) is 12.0. The van der Waals surface area contributed by atoms with Crippen molar-refractivity contribution in [1.82, 2.24) is 9.97 Å². The van der Waals surface area contributed by atoms with Gasteiger partial charge in [0.15, 0.2) is 0 Å². The Morgan fingerprint density at radius 1 is 1.50 bits per heavy atom. The van der Waals surface area contributed by atoms with Crippen LogP contribution in [0.25, 0.3) is 0 Å². The van der Waals surface area contributed by atoms with Gasteiger partial charge in [0.2, 0.25) is 5.95 Å². The Labute approximate surface area is 103 Å². The molecule has 5 nitrogen and oxygen atoms in total. The summed E-state index contributed by atoms with van der Waals surface area (Å²) in [6.45, 7) is 3.30. The number of rotatable bonds is 5. The molecule has 88 valence electrons. The number of methoxy groups -OCH3 is 1. The molecule has 0 aliphatic rings. The number of carbonyl (C=O) groups excluding carboxylic acids is 1. The number of esters is 1. The molecular weight excluding hydrogens is 274 g/mol. The largest absolute Gasteiger partial charge is 0.469 e. The predicted molar refractivity (Wildman–Crippen MR) is 64.3 cm³/mol. The van der Waals surface area contributed by atoms with Crippen LogP contribution >= 0.6 is 15.9 Å². The molecule has 0 aliphatic heterocycles. The minimum atomic E-state index is -0.226. The van der Waals surface area contributed by atoms with Crippen molar-refractivity contribution in [2.24, 2.45) is 0 Å². The predicted octanol–water partition coefficient (Wildman–Crippen LogP) is 1.63. The average Bonchev–Trinajstić information content (AvgIpc) is 2.31. The molecule has 0 saturated heterocycles. The quantitative estimate of drug-likeness (QED) is 0.771. The van der Waals surface area contributed by atoms with Crippen molar-refractivity contribution in [3.63, 3.8) is 0 Å². The molecule has 16 heavy (non-hydrogen) atoms. The van der Waals surface area contributed by atoms with Crippen LogP contribution in [0.4, 0.5) is 5.95 Å². The minimum Gasteiger partial charge on any atom is -0.469 e. The highest BCUT2D eigenvalue weighted by Gasteiger charge is 2.09. The van der Waals surface area contributed by atoms with Crippen LogP contribution in [0.1, 0.15) is 13.3 Å². The van der Waals surface area contributed by atoms with Gasteiger partial charge in [-0.25, -0.2) is 9.97 Å². The first-order valence-corrected chi connectivity index (χ1v) is 5.76. The van der Waals surface area contributed by atoms with Gasteiger partial charge in [0.1, 0.15) is 0 Å². The topological polar surface area (TPSA) is 55.3 Å². The second-order valence-corrected chi connectivity index (χ2v) is 4.02. The number of halogens is 1. The molecule has 0 aromatic carbocycles. The lowest BCUT2D eigenvalue weighted by Gasteiger charge is -2.19. The lowest BCUT2D eigenvalue weighted by atomic mass is 10.4. The maximum Gasteiger partial charge on any atom is 0.307 e. The number of anilines is 1. The van der Waals surface area contributed by atoms with Crippen molar-refractivity contribution >= 4 is 27.8 Å². The van der Waals surface area contributed by atoms with E-state index in [1.807, 2.05) is 11.8 Å². The summed E-state index contributed by atoms with van der Waals surface area (Å²) in [7, 11) is 1.38. The molecule has 0 saturated carbocycles. The van der Waals surface area contributed by atoms with E-state index in [0.717, 1.165) is 11.0 Å². The van der Waals surface area contributed by atoms with E-state index in [-0.39, 0.29) is 5.97 Å². The van der Waals surface area contributed by atoms with E-state index < -0.39 is 0 Å². The molecule has 1 rings (SSSR count). The normalized spacial score (nSPS) is 9.94. The molecule has 0 unspecified atom stereocenters. The van der Waals surface area contributed by atoms with Gasteiger partial charge in [-0.2, -0.15) is 0 Å². The fourth-order valence-electron chi connectivity index (χ4n) is 1.20. The van der Waals surface area contributed by atoms with Gasteiger partial charge in [0, 0.05) is 25.5 Å². The van der Waals surface area contributed by atoms with Crippen molar-refractivity contribution in [3.05, 3.63) is 16.9 Å². The third-order valence-electron chi connectivity index (χ3n) is 2.08. The Morgan fingerprint density at radius 2 is 2.12 bits per heavy atom. The molecule has 0 aliphatic carbocycles. The van der Waals surface area contributed by atoms with E-state index in [1.165, 1.54) is 7.11 Å². The summed E-state index contributed by atoms with van der Waals surface area (Å²) < 4.78 is 5.42. The van der Waals surface area contributed by atoms with Crippen molar-refractivity contribution < 1.29 is 9.53 Å². The summed E-state index contributed by atoms with van der Waals surface area (Å²) >= 11 is 3.27. The zero-order valence-electron chi connectivity index (χ0n) is 9.31. The second kappa shape index (κ2) is 6.42. The maximum atomic E-state index is 11.0. The molecule has 1 aromatic rings. The molecule has 1 heterocycles. The van der Waals surface area contributed by atoms with Crippen LogP contribution < -0.4 is 4.90 Å². The lowest BCUT2D eigenvalue weighted by molar-refractivity contribution is -0.140. The number of ether oxygens (including phenoxy) is 1. The Balaban J connectivity index is 2.60. The van der Waals surface area contributed by atoms with E-state index in [4.69, 9.17) is 0 Å². The Kier molecular flexibility index (Phi) is 5.18. The third kappa shape index (κ3) is 3.77. The molecule has 0 N–H and O–H groups in total. The molecule has 0 radical (unpaired) electrons. The Bertz CT molecular complexity index is 342. The van der Waals surface area contributed by atoms with Crippen LogP contribution in [0.5, 0.6) is 0 Å². The molecule has 6 heteroatoms. The molecule has 1 aromatic heterocycles. The van der Waals surface area contributed by atoms with Gasteiger partial charge in [0.25, 0.3) is 0 Å². The highest BCUT2D eigenvalue weighted by Crippen LogP contribution is 2.11. The number of aromatic nitrogens is 2. The number of hydrogen-bond acceptors (Lipinski definition) is 5. The van der Waals surface area contributed by atoms with Gasteiger partial charge >= 0.3 is 5.97 Å². The maximum absolute atomic E-state index is 11.0. The molecule has 0 bridgehead atoms. The van der Waals surface area contributed by atoms with Crippen LogP contribution in [0.15, 0.2) is 16.9 Å². The first kappa shape index (κ1) is 12.9. The third-order valence-corrected chi connectivity index (χ3v) is 2.49. The SMILES string of the molecule is CCN(CCC(=O)OC)c1ncc(Br)cn1. The average molecular weight is 288 g/mol. The molecule has 0 spiro atoms. The zero-order valence-corrected chi connectivity index (χ0v) is 10.9. The van der Waals surface area contributed by atoms with Crippen LogP contribution in [0, 0.1) is 0 Å². The first-order chi connectivity index (χ1) is 7.67. The molecule has 0 fully saturated rings. The fraction of sp³-hybridized carbons (Fsp3) is 0.500. The van der Waals surface area contributed by atoms with Crippen LogP contribution in [0.2, 0.25) is 0 Å². The van der Waals surface area contributed by atoms with Crippen LogP contribution in [-0.2, 0) is 9.53 Å². The van der Waals surface area contributed by atoms with E-state index >= 15 is 0 Å². The standard InChI is InChI=1S/C10H14BrN3O2/c1-3-14(5-4-9(15)16-2)10-12-6-8(11)7-13-10/h6-7H,3-5H2,1-2H3. The number of carbonyl (C=O) groups is 1. The summed E-state index contributed by atoms with van der Waals surface area (Å²) in [5, 5.41) is 0. The first-order valence-electron chi connectivity index (χ1n) is 4.96. The van der Waals surface area contributed by atoms with Crippen LogP contribution in [0.3, 0.4) is 0 Å². The van der Waals surface area contributed by atoms with Gasteiger partial charge in [0.05, 0.1) is 18.0 Å². The van der Waals surface area contributed by atoms with Crippen molar-refractivity contribution in [1.29, 1.82) is 0 Å². The number of nitrogens with zero attached hydrogens (tertiary/aromatic N) is 3. The van der Waals surface area contributed by atoms with E-state index in [1.54, 1.807) is 12.4 Å². The van der Waals surface area contributed by atoms with Gasteiger partial charge in [-0.15, -0.1) is 0 Å². The van der Waals surface area contributed by atoms with Crippen molar-refractivity contribution in [2.45, 2.75) is 13.3 Å². The fourth-order valence-corrected chi connectivity index (χ4v) is 1.40. The van der Waals surface area contributed by atoms with Gasteiger partial charge < -0.3 is 9.64 Å². The van der Waals surface area contributed by atoms with E-state index in [9.17, 15) is 4.79 Å². The van der Waals surface area contributed by atoms with Gasteiger partial charge in [-0.1, -0.05) is 0 Å².